The minimum atomic E-state index is -0.0503. The number of hydrogen-bond acceptors (Lipinski definition) is 5. The average Bonchev–Trinajstić information content (AvgIpc) is 2.72. The molecule has 0 atom stereocenters. The van der Waals surface area contributed by atoms with Crippen LogP contribution >= 0.6 is 11.8 Å². The Balaban J connectivity index is 1.52. The van der Waals surface area contributed by atoms with Gasteiger partial charge in [-0.1, -0.05) is 18.2 Å². The van der Waals surface area contributed by atoms with Gasteiger partial charge in [-0.05, 0) is 48.7 Å². The Bertz CT molecular complexity index is 835. The second kappa shape index (κ2) is 10.6. The van der Waals surface area contributed by atoms with Crippen molar-refractivity contribution in [2.75, 3.05) is 43.6 Å². The molecular formula is C23H30N2O3S. The summed E-state index contributed by atoms with van der Waals surface area (Å²) < 4.78 is 11.1. The Labute approximate surface area is 177 Å². The number of rotatable bonds is 8. The van der Waals surface area contributed by atoms with Gasteiger partial charge in [0.05, 0.1) is 20.1 Å². The highest BCUT2D eigenvalue weighted by Gasteiger charge is 2.12. The molecule has 1 aliphatic heterocycles. The van der Waals surface area contributed by atoms with Crippen LogP contribution in [-0.2, 0) is 11.3 Å². The quantitative estimate of drug-likeness (QED) is 0.699. The van der Waals surface area contributed by atoms with Gasteiger partial charge < -0.3 is 14.8 Å². The van der Waals surface area contributed by atoms with E-state index in [-0.39, 0.29) is 12.3 Å². The fourth-order valence-corrected chi connectivity index (χ4v) is 4.26. The van der Waals surface area contributed by atoms with Gasteiger partial charge in [0.1, 0.15) is 0 Å². The van der Waals surface area contributed by atoms with Crippen LogP contribution in [0.15, 0.2) is 36.4 Å². The molecule has 0 aliphatic carbocycles. The molecule has 156 valence electrons. The first-order chi connectivity index (χ1) is 14.0. The van der Waals surface area contributed by atoms with E-state index in [4.69, 9.17) is 9.47 Å². The summed E-state index contributed by atoms with van der Waals surface area (Å²) in [7, 11) is 1.62. The Morgan fingerprint density at radius 3 is 2.66 bits per heavy atom. The molecule has 1 N–H and O–H groups in total. The van der Waals surface area contributed by atoms with Crippen molar-refractivity contribution in [3.8, 4) is 11.5 Å². The largest absolute Gasteiger partial charge is 0.493 e. The van der Waals surface area contributed by atoms with Crippen molar-refractivity contribution >= 4 is 23.4 Å². The molecule has 2 aromatic rings. The highest BCUT2D eigenvalue weighted by atomic mass is 32.2. The van der Waals surface area contributed by atoms with Crippen LogP contribution in [0.5, 0.6) is 11.5 Å². The Morgan fingerprint density at radius 1 is 1.10 bits per heavy atom. The molecular weight excluding hydrogens is 384 g/mol. The third-order valence-corrected chi connectivity index (χ3v) is 5.93. The monoisotopic (exact) mass is 414 g/mol. The maximum atomic E-state index is 12.4. The number of carbonyl (C=O) groups is 1. The number of anilines is 1. The lowest BCUT2D eigenvalue weighted by Crippen LogP contribution is -2.32. The van der Waals surface area contributed by atoms with E-state index < -0.39 is 0 Å². The van der Waals surface area contributed by atoms with E-state index in [0.717, 1.165) is 36.4 Å². The van der Waals surface area contributed by atoms with E-state index in [1.54, 1.807) is 7.11 Å². The van der Waals surface area contributed by atoms with Crippen LogP contribution in [0.2, 0.25) is 0 Å². The minimum absolute atomic E-state index is 0.0503. The van der Waals surface area contributed by atoms with Gasteiger partial charge in [0.25, 0.3) is 0 Å². The van der Waals surface area contributed by atoms with Crippen LogP contribution in [-0.4, -0.2) is 49.1 Å². The molecule has 1 fully saturated rings. The van der Waals surface area contributed by atoms with Crippen LogP contribution in [0.25, 0.3) is 0 Å². The van der Waals surface area contributed by atoms with Crippen LogP contribution in [0, 0.1) is 13.8 Å². The van der Waals surface area contributed by atoms with Crippen LogP contribution in [0.1, 0.15) is 23.1 Å². The number of carbonyl (C=O) groups excluding carboxylic acids is 1. The Morgan fingerprint density at radius 2 is 1.90 bits per heavy atom. The predicted octanol–water partition coefficient (Wildman–Crippen LogP) is 4.27. The van der Waals surface area contributed by atoms with Gasteiger partial charge >= 0.3 is 0 Å². The fourth-order valence-electron chi connectivity index (χ4n) is 3.28. The second-order valence-corrected chi connectivity index (χ2v) is 8.56. The molecule has 1 heterocycles. The van der Waals surface area contributed by atoms with Gasteiger partial charge in [-0.3, -0.25) is 9.69 Å². The van der Waals surface area contributed by atoms with Crippen molar-refractivity contribution < 1.29 is 14.3 Å². The molecule has 0 unspecified atom stereocenters. The molecule has 0 radical (unpaired) electrons. The number of nitrogens with one attached hydrogen (secondary N) is 1. The zero-order valence-electron chi connectivity index (χ0n) is 17.5. The smallest absolute Gasteiger partial charge is 0.227 e. The van der Waals surface area contributed by atoms with Gasteiger partial charge in [-0.2, -0.15) is 11.8 Å². The van der Waals surface area contributed by atoms with Gasteiger partial charge in [0.15, 0.2) is 11.5 Å². The van der Waals surface area contributed by atoms with Gasteiger partial charge in [0, 0.05) is 36.8 Å². The van der Waals surface area contributed by atoms with E-state index in [1.807, 2.05) is 43.8 Å². The summed E-state index contributed by atoms with van der Waals surface area (Å²) in [4.78, 5) is 14.9. The topological polar surface area (TPSA) is 50.8 Å². The summed E-state index contributed by atoms with van der Waals surface area (Å²) >= 11 is 2.01. The van der Waals surface area contributed by atoms with Gasteiger partial charge in [-0.15, -0.1) is 0 Å². The Hall–Kier alpha value is -2.18. The van der Waals surface area contributed by atoms with E-state index in [0.29, 0.717) is 18.1 Å². The normalized spacial score (nSPS) is 14.4. The molecule has 0 spiro atoms. The molecule has 5 nitrogen and oxygen atoms in total. The maximum Gasteiger partial charge on any atom is 0.227 e. The molecule has 29 heavy (non-hydrogen) atoms. The van der Waals surface area contributed by atoms with E-state index >= 15 is 0 Å². The van der Waals surface area contributed by atoms with Crippen LogP contribution < -0.4 is 14.8 Å². The first kappa shape index (κ1) is 21.5. The molecule has 0 bridgehead atoms. The van der Waals surface area contributed by atoms with E-state index in [1.165, 1.54) is 17.1 Å². The SMILES string of the molecule is COc1cc(C)ccc1OCCC(=O)Nc1cc(CN2CCSCC2)ccc1C. The number of aryl methyl sites for hydroxylation is 2. The molecule has 3 rings (SSSR count). The summed E-state index contributed by atoms with van der Waals surface area (Å²) in [5.41, 5.74) is 4.29. The molecule has 2 aromatic carbocycles. The summed E-state index contributed by atoms with van der Waals surface area (Å²) in [5, 5.41) is 3.04. The van der Waals surface area contributed by atoms with Crippen molar-refractivity contribution in [3.05, 3.63) is 53.1 Å². The van der Waals surface area contributed by atoms with Crippen LogP contribution in [0.3, 0.4) is 0 Å². The number of benzene rings is 2. The molecule has 0 saturated carbocycles. The van der Waals surface area contributed by atoms with Crippen molar-refractivity contribution in [1.29, 1.82) is 0 Å². The lowest BCUT2D eigenvalue weighted by molar-refractivity contribution is -0.116. The van der Waals surface area contributed by atoms with Crippen molar-refractivity contribution in [2.24, 2.45) is 0 Å². The number of nitrogens with zero attached hydrogens (tertiary/aromatic N) is 1. The maximum absolute atomic E-state index is 12.4. The first-order valence-corrected chi connectivity index (χ1v) is 11.2. The molecule has 1 saturated heterocycles. The van der Waals surface area contributed by atoms with Gasteiger partial charge in [0.2, 0.25) is 5.91 Å². The summed E-state index contributed by atoms with van der Waals surface area (Å²) in [6.07, 6.45) is 0.282. The number of hydrogen-bond donors (Lipinski definition) is 1. The predicted molar refractivity (Wildman–Crippen MR) is 120 cm³/mol. The van der Waals surface area contributed by atoms with E-state index in [2.05, 4.69) is 28.4 Å². The van der Waals surface area contributed by atoms with Gasteiger partial charge in [-0.25, -0.2) is 0 Å². The fraction of sp³-hybridized carbons (Fsp3) is 0.435. The molecule has 0 aromatic heterocycles. The molecule has 1 aliphatic rings. The number of methoxy groups -OCH3 is 1. The zero-order valence-corrected chi connectivity index (χ0v) is 18.3. The van der Waals surface area contributed by atoms with Crippen molar-refractivity contribution in [2.45, 2.75) is 26.8 Å². The third kappa shape index (κ3) is 6.41. The van der Waals surface area contributed by atoms with E-state index in [9.17, 15) is 4.79 Å². The van der Waals surface area contributed by atoms with Crippen LogP contribution in [0.4, 0.5) is 5.69 Å². The zero-order chi connectivity index (χ0) is 20.6. The van der Waals surface area contributed by atoms with Crippen molar-refractivity contribution in [1.82, 2.24) is 4.90 Å². The number of ether oxygens (including phenoxy) is 2. The lowest BCUT2D eigenvalue weighted by atomic mass is 10.1. The third-order valence-electron chi connectivity index (χ3n) is 4.99. The lowest BCUT2D eigenvalue weighted by Gasteiger charge is -2.26. The summed E-state index contributed by atoms with van der Waals surface area (Å²) in [6.45, 7) is 7.50. The first-order valence-electron chi connectivity index (χ1n) is 10.0. The number of thioether (sulfide) groups is 1. The standard InChI is InChI=1S/C23H30N2O3S/c1-17-4-7-21(22(14-17)27-3)28-11-8-23(26)24-20-15-19(6-5-18(20)2)16-25-9-12-29-13-10-25/h4-7,14-15H,8-13,16H2,1-3H3,(H,24,26). The highest BCUT2D eigenvalue weighted by molar-refractivity contribution is 7.99. The summed E-state index contributed by atoms with van der Waals surface area (Å²) in [6, 6.07) is 12.1. The highest BCUT2D eigenvalue weighted by Crippen LogP contribution is 2.28. The summed E-state index contributed by atoms with van der Waals surface area (Å²) in [5.74, 6) is 3.68. The number of amides is 1. The molecule has 6 heteroatoms. The average molecular weight is 415 g/mol. The Kier molecular flexibility index (Phi) is 7.83. The molecule has 1 amide bonds. The second-order valence-electron chi connectivity index (χ2n) is 7.34. The minimum Gasteiger partial charge on any atom is -0.493 e. The van der Waals surface area contributed by atoms with Crippen molar-refractivity contribution in [3.63, 3.8) is 0 Å².